The van der Waals surface area contributed by atoms with Crippen molar-refractivity contribution in [1.29, 1.82) is 0 Å². The molecule has 0 aliphatic heterocycles. The topological polar surface area (TPSA) is 29.5 Å². The summed E-state index contributed by atoms with van der Waals surface area (Å²) in [6.07, 6.45) is 7.74. The molecule has 1 unspecified atom stereocenters. The van der Waals surface area contributed by atoms with Crippen LogP contribution < -0.4 is 0 Å². The van der Waals surface area contributed by atoms with Gasteiger partial charge in [-0.15, -0.1) is 0 Å². The molecule has 0 bridgehead atoms. The van der Waals surface area contributed by atoms with Crippen LogP contribution in [0.5, 0.6) is 0 Å². The van der Waals surface area contributed by atoms with Crippen LogP contribution in [-0.4, -0.2) is 17.8 Å². The van der Waals surface area contributed by atoms with Crippen LogP contribution in [0.2, 0.25) is 0 Å². The van der Waals surface area contributed by atoms with E-state index in [1.807, 2.05) is 18.2 Å². The van der Waals surface area contributed by atoms with Gasteiger partial charge in [0.25, 0.3) is 0 Å². The van der Waals surface area contributed by atoms with Gasteiger partial charge in [-0.05, 0) is 18.4 Å². The van der Waals surface area contributed by atoms with E-state index in [9.17, 15) is 5.11 Å². The number of aliphatic hydroxyl groups is 1. The Morgan fingerprint density at radius 2 is 1.74 bits per heavy atom. The van der Waals surface area contributed by atoms with Gasteiger partial charge in [0.15, 0.2) is 0 Å². The highest BCUT2D eigenvalue weighted by molar-refractivity contribution is 5.13. The molecule has 0 aliphatic rings. The zero-order valence-electron chi connectivity index (χ0n) is 12.2. The van der Waals surface area contributed by atoms with E-state index in [2.05, 4.69) is 19.1 Å². The lowest BCUT2D eigenvalue weighted by Crippen LogP contribution is -2.10. The molecule has 0 aromatic heterocycles. The first kappa shape index (κ1) is 16.2. The fourth-order valence-corrected chi connectivity index (χ4v) is 2.11. The molecule has 1 N–H and O–H groups in total. The molecule has 0 radical (unpaired) electrons. The lowest BCUT2D eigenvalue weighted by Gasteiger charge is -2.10. The minimum absolute atomic E-state index is 0.197. The summed E-state index contributed by atoms with van der Waals surface area (Å²) in [6, 6.07) is 10.2. The van der Waals surface area contributed by atoms with Crippen molar-refractivity contribution in [3.63, 3.8) is 0 Å². The molecule has 0 aliphatic carbocycles. The lowest BCUT2D eigenvalue weighted by molar-refractivity contribution is 0.0689. The fourth-order valence-electron chi connectivity index (χ4n) is 2.11. The molecule has 1 rings (SSSR count). The monoisotopic (exact) mass is 264 g/mol. The molecular formula is C17H28O2. The van der Waals surface area contributed by atoms with Crippen LogP contribution in [0.1, 0.15) is 57.4 Å². The minimum Gasteiger partial charge on any atom is -0.393 e. The van der Waals surface area contributed by atoms with Crippen molar-refractivity contribution in [3.05, 3.63) is 35.9 Å². The first-order valence-electron chi connectivity index (χ1n) is 7.62. The molecule has 19 heavy (non-hydrogen) atoms. The molecular weight excluding hydrogens is 236 g/mol. The molecule has 2 nitrogen and oxygen atoms in total. The standard InChI is InChI=1S/C17H28O2/c1-2-3-4-5-9-12-17(18)13-14-19-15-16-10-7-6-8-11-16/h6-8,10-11,17-18H,2-5,9,12-15H2,1H3. The molecule has 0 spiro atoms. The van der Waals surface area contributed by atoms with E-state index >= 15 is 0 Å². The second-order valence-electron chi connectivity index (χ2n) is 5.18. The van der Waals surface area contributed by atoms with Crippen molar-refractivity contribution in [2.24, 2.45) is 0 Å². The van der Waals surface area contributed by atoms with Gasteiger partial charge in [0.05, 0.1) is 12.7 Å². The van der Waals surface area contributed by atoms with Crippen molar-refractivity contribution in [1.82, 2.24) is 0 Å². The van der Waals surface area contributed by atoms with Gasteiger partial charge in [-0.1, -0.05) is 69.4 Å². The second kappa shape index (κ2) is 11.0. The molecule has 0 saturated carbocycles. The predicted molar refractivity (Wildman–Crippen MR) is 80.1 cm³/mol. The first-order valence-corrected chi connectivity index (χ1v) is 7.62. The number of hydrogen-bond donors (Lipinski definition) is 1. The average Bonchev–Trinajstić information content (AvgIpc) is 2.44. The summed E-state index contributed by atoms with van der Waals surface area (Å²) in [5.41, 5.74) is 1.19. The minimum atomic E-state index is -0.197. The highest BCUT2D eigenvalue weighted by atomic mass is 16.5. The molecule has 108 valence electrons. The van der Waals surface area contributed by atoms with E-state index in [1.165, 1.54) is 31.2 Å². The molecule has 1 aromatic rings. The second-order valence-corrected chi connectivity index (χ2v) is 5.18. The Kier molecular flexibility index (Phi) is 9.38. The summed E-state index contributed by atoms with van der Waals surface area (Å²) in [5.74, 6) is 0. The summed E-state index contributed by atoms with van der Waals surface area (Å²) in [7, 11) is 0. The van der Waals surface area contributed by atoms with Crippen LogP contribution in [0.4, 0.5) is 0 Å². The summed E-state index contributed by atoms with van der Waals surface area (Å²) >= 11 is 0. The summed E-state index contributed by atoms with van der Waals surface area (Å²) in [6.45, 7) is 3.51. The Balaban J connectivity index is 1.94. The molecule has 0 amide bonds. The van der Waals surface area contributed by atoms with E-state index in [0.717, 1.165) is 19.3 Å². The number of rotatable bonds is 11. The summed E-state index contributed by atoms with van der Waals surface area (Å²) in [5, 5.41) is 9.82. The Bertz CT molecular complexity index is 297. The van der Waals surface area contributed by atoms with Gasteiger partial charge in [0, 0.05) is 6.61 Å². The van der Waals surface area contributed by atoms with Crippen molar-refractivity contribution < 1.29 is 9.84 Å². The first-order chi connectivity index (χ1) is 9.33. The Hall–Kier alpha value is -0.860. The third kappa shape index (κ3) is 8.79. The normalized spacial score (nSPS) is 12.5. The van der Waals surface area contributed by atoms with Gasteiger partial charge >= 0.3 is 0 Å². The van der Waals surface area contributed by atoms with Crippen LogP contribution in [0.25, 0.3) is 0 Å². The van der Waals surface area contributed by atoms with Gasteiger partial charge < -0.3 is 9.84 Å². The highest BCUT2D eigenvalue weighted by Gasteiger charge is 2.03. The van der Waals surface area contributed by atoms with E-state index in [4.69, 9.17) is 4.74 Å². The number of unbranched alkanes of at least 4 members (excludes halogenated alkanes) is 4. The van der Waals surface area contributed by atoms with Gasteiger partial charge in [0.1, 0.15) is 0 Å². The molecule has 2 heteroatoms. The zero-order chi connectivity index (χ0) is 13.8. The molecule has 0 heterocycles. The third-order valence-corrected chi connectivity index (χ3v) is 3.35. The molecule has 0 saturated heterocycles. The smallest absolute Gasteiger partial charge is 0.0716 e. The van der Waals surface area contributed by atoms with E-state index in [0.29, 0.717) is 13.2 Å². The van der Waals surface area contributed by atoms with Gasteiger partial charge in [-0.25, -0.2) is 0 Å². The number of benzene rings is 1. The summed E-state index contributed by atoms with van der Waals surface area (Å²) in [4.78, 5) is 0. The van der Waals surface area contributed by atoms with Crippen molar-refractivity contribution >= 4 is 0 Å². The van der Waals surface area contributed by atoms with Crippen molar-refractivity contribution in [2.45, 2.75) is 64.6 Å². The maximum Gasteiger partial charge on any atom is 0.0716 e. The summed E-state index contributed by atoms with van der Waals surface area (Å²) < 4.78 is 5.58. The number of ether oxygens (including phenoxy) is 1. The van der Waals surface area contributed by atoms with Gasteiger partial charge in [0.2, 0.25) is 0 Å². The fraction of sp³-hybridized carbons (Fsp3) is 0.647. The van der Waals surface area contributed by atoms with Crippen molar-refractivity contribution in [3.8, 4) is 0 Å². The largest absolute Gasteiger partial charge is 0.393 e. The Morgan fingerprint density at radius 1 is 1.00 bits per heavy atom. The Morgan fingerprint density at radius 3 is 2.47 bits per heavy atom. The molecule has 1 atom stereocenters. The van der Waals surface area contributed by atoms with E-state index in [-0.39, 0.29) is 6.10 Å². The van der Waals surface area contributed by atoms with Crippen molar-refractivity contribution in [2.75, 3.05) is 6.61 Å². The number of hydrogen-bond acceptors (Lipinski definition) is 2. The lowest BCUT2D eigenvalue weighted by atomic mass is 10.1. The van der Waals surface area contributed by atoms with E-state index < -0.39 is 0 Å². The molecule has 0 fully saturated rings. The molecule has 1 aromatic carbocycles. The van der Waals surface area contributed by atoms with Gasteiger partial charge in [-0.3, -0.25) is 0 Å². The van der Waals surface area contributed by atoms with Crippen LogP contribution in [0.3, 0.4) is 0 Å². The van der Waals surface area contributed by atoms with Crippen LogP contribution in [0.15, 0.2) is 30.3 Å². The van der Waals surface area contributed by atoms with Crippen LogP contribution in [0, 0.1) is 0 Å². The van der Waals surface area contributed by atoms with Gasteiger partial charge in [-0.2, -0.15) is 0 Å². The predicted octanol–water partition coefficient (Wildman–Crippen LogP) is 4.31. The van der Waals surface area contributed by atoms with Crippen LogP contribution >= 0.6 is 0 Å². The quantitative estimate of drug-likeness (QED) is 0.603. The average molecular weight is 264 g/mol. The third-order valence-electron chi connectivity index (χ3n) is 3.35. The maximum atomic E-state index is 9.82. The maximum absolute atomic E-state index is 9.82. The highest BCUT2D eigenvalue weighted by Crippen LogP contribution is 2.09. The SMILES string of the molecule is CCCCCCCC(O)CCOCc1ccccc1. The van der Waals surface area contributed by atoms with Crippen LogP contribution in [-0.2, 0) is 11.3 Å². The number of aliphatic hydroxyl groups excluding tert-OH is 1. The van der Waals surface area contributed by atoms with E-state index in [1.54, 1.807) is 0 Å². The Labute approximate surface area is 117 Å². The zero-order valence-corrected chi connectivity index (χ0v) is 12.2.